The fourth-order valence-corrected chi connectivity index (χ4v) is 6.19. The monoisotopic (exact) mass is 481 g/mol. The van der Waals surface area contributed by atoms with E-state index in [-0.39, 0.29) is 18.0 Å². The Balaban J connectivity index is 1.84. The van der Waals surface area contributed by atoms with Crippen LogP contribution in [0.3, 0.4) is 0 Å². The summed E-state index contributed by atoms with van der Waals surface area (Å²) in [5.74, 6) is 0.485. The van der Waals surface area contributed by atoms with Gasteiger partial charge in [0.25, 0.3) is 0 Å². The van der Waals surface area contributed by atoms with Gasteiger partial charge in [0.05, 0.1) is 18.5 Å². The van der Waals surface area contributed by atoms with Crippen LogP contribution in [-0.2, 0) is 19.4 Å². The van der Waals surface area contributed by atoms with Gasteiger partial charge in [-0.25, -0.2) is 8.42 Å². The molecule has 3 unspecified atom stereocenters. The van der Waals surface area contributed by atoms with E-state index in [9.17, 15) is 18.3 Å². The molecule has 2 aliphatic carbocycles. The van der Waals surface area contributed by atoms with Crippen LogP contribution in [0.25, 0.3) is 0 Å². The lowest BCUT2D eigenvalue weighted by molar-refractivity contribution is -0.140. The summed E-state index contributed by atoms with van der Waals surface area (Å²) in [6, 6.07) is 0. The predicted octanol–water partition coefficient (Wildman–Crippen LogP) is 4.41. The SMILES string of the molecule is COC(=O)CCCCCCC1CC[C@@H](O)C1CCC(CN(C)C1=CC=CC=CC1)S(C)(=O)=O. The molecule has 0 radical (unpaired) electrons. The minimum absolute atomic E-state index is 0.150. The van der Waals surface area contributed by atoms with E-state index in [1.165, 1.54) is 13.4 Å². The van der Waals surface area contributed by atoms with Crippen molar-refractivity contribution in [1.29, 1.82) is 0 Å². The molecule has 1 N–H and O–H groups in total. The van der Waals surface area contributed by atoms with Crippen LogP contribution in [0.5, 0.6) is 0 Å². The fraction of sp³-hybridized carbons (Fsp3) is 0.731. The smallest absolute Gasteiger partial charge is 0.305 e. The van der Waals surface area contributed by atoms with Crippen LogP contribution in [0, 0.1) is 11.8 Å². The number of allylic oxidation sites excluding steroid dienone is 5. The Morgan fingerprint density at radius 1 is 1.15 bits per heavy atom. The van der Waals surface area contributed by atoms with E-state index in [1.807, 2.05) is 31.4 Å². The van der Waals surface area contributed by atoms with Crippen molar-refractivity contribution in [3.63, 3.8) is 0 Å². The number of aliphatic hydroxyl groups excluding tert-OH is 1. The molecule has 33 heavy (non-hydrogen) atoms. The van der Waals surface area contributed by atoms with E-state index in [1.54, 1.807) is 0 Å². The molecule has 0 amide bonds. The van der Waals surface area contributed by atoms with Gasteiger partial charge in [-0.3, -0.25) is 4.79 Å². The average molecular weight is 482 g/mol. The Kier molecular flexibility index (Phi) is 11.7. The van der Waals surface area contributed by atoms with Crippen LogP contribution in [0.2, 0.25) is 0 Å². The van der Waals surface area contributed by atoms with Gasteiger partial charge >= 0.3 is 5.97 Å². The number of carbonyl (C=O) groups excluding carboxylic acids is 1. The van der Waals surface area contributed by atoms with Crippen molar-refractivity contribution < 1.29 is 23.1 Å². The standard InChI is InChI=1S/C26H43NO5S/c1-27(22-13-9-5-6-10-14-22)20-23(33(3,30)31)17-18-24-21(16-19-25(24)28)12-8-4-7-11-15-26(29)32-2/h5-6,9-10,13,21,23-25,28H,4,7-8,11-12,14-20H2,1-3H3/t21?,23?,24?,25-/m1/s1. The molecule has 7 heteroatoms. The van der Waals surface area contributed by atoms with E-state index >= 15 is 0 Å². The lowest BCUT2D eigenvalue weighted by Gasteiger charge is -2.29. The second-order valence-corrected chi connectivity index (χ2v) is 12.0. The summed E-state index contributed by atoms with van der Waals surface area (Å²) in [6.07, 6.45) is 20.6. The summed E-state index contributed by atoms with van der Waals surface area (Å²) in [5, 5.41) is 10.1. The summed E-state index contributed by atoms with van der Waals surface area (Å²) in [5.41, 5.74) is 1.11. The van der Waals surface area contributed by atoms with Crippen LogP contribution < -0.4 is 0 Å². The summed E-state index contributed by atoms with van der Waals surface area (Å²) < 4.78 is 29.8. The number of sulfone groups is 1. The summed E-state index contributed by atoms with van der Waals surface area (Å²) in [4.78, 5) is 13.3. The lowest BCUT2D eigenvalue weighted by Crippen LogP contribution is -2.35. The first-order valence-corrected chi connectivity index (χ1v) is 14.3. The summed E-state index contributed by atoms with van der Waals surface area (Å²) in [6.45, 7) is 0.472. The number of carbonyl (C=O) groups is 1. The van der Waals surface area contributed by atoms with Crippen LogP contribution >= 0.6 is 0 Å². The molecule has 4 atom stereocenters. The minimum Gasteiger partial charge on any atom is -0.469 e. The molecule has 6 nitrogen and oxygen atoms in total. The Morgan fingerprint density at radius 2 is 1.91 bits per heavy atom. The van der Waals surface area contributed by atoms with Crippen LogP contribution in [-0.4, -0.2) is 62.7 Å². The first-order chi connectivity index (χ1) is 15.7. The molecule has 2 rings (SSSR count). The highest BCUT2D eigenvalue weighted by Crippen LogP contribution is 2.39. The number of aliphatic hydroxyl groups is 1. The van der Waals surface area contributed by atoms with Crippen molar-refractivity contribution in [1.82, 2.24) is 4.90 Å². The lowest BCUT2D eigenvalue weighted by atomic mass is 9.86. The number of methoxy groups -OCH3 is 1. The first kappa shape index (κ1) is 27.6. The quantitative estimate of drug-likeness (QED) is 0.292. The van der Waals surface area contributed by atoms with Gasteiger partial charge in [-0.15, -0.1) is 0 Å². The maximum atomic E-state index is 12.6. The number of hydrogen-bond acceptors (Lipinski definition) is 6. The van der Waals surface area contributed by atoms with E-state index in [4.69, 9.17) is 0 Å². The third-order valence-corrected chi connectivity index (χ3v) is 8.83. The summed E-state index contributed by atoms with van der Waals surface area (Å²) >= 11 is 0. The van der Waals surface area contributed by atoms with Crippen molar-refractivity contribution in [2.24, 2.45) is 11.8 Å². The van der Waals surface area contributed by atoms with Gasteiger partial charge in [-0.05, 0) is 50.0 Å². The highest BCUT2D eigenvalue weighted by molar-refractivity contribution is 7.91. The number of ether oxygens (including phenoxy) is 1. The first-order valence-electron chi connectivity index (χ1n) is 12.4. The molecular weight excluding hydrogens is 438 g/mol. The molecule has 188 valence electrons. The molecule has 0 bridgehead atoms. The highest BCUT2D eigenvalue weighted by atomic mass is 32.2. The third-order valence-electron chi connectivity index (χ3n) is 7.24. The van der Waals surface area contributed by atoms with Gasteiger partial charge < -0.3 is 14.7 Å². The van der Waals surface area contributed by atoms with E-state index in [0.29, 0.717) is 25.3 Å². The van der Waals surface area contributed by atoms with Gasteiger partial charge in [0.15, 0.2) is 9.84 Å². The Hall–Kier alpha value is -1.60. The molecule has 1 saturated carbocycles. The average Bonchev–Trinajstić information content (AvgIpc) is 2.96. The van der Waals surface area contributed by atoms with Crippen molar-refractivity contribution >= 4 is 15.8 Å². The molecule has 0 aromatic rings. The van der Waals surface area contributed by atoms with Gasteiger partial charge in [0, 0.05) is 38.4 Å². The molecule has 0 aromatic heterocycles. The zero-order chi connectivity index (χ0) is 24.3. The van der Waals surface area contributed by atoms with Gasteiger partial charge in [0.2, 0.25) is 0 Å². The maximum absolute atomic E-state index is 12.6. The Labute approximate surface area is 200 Å². The topological polar surface area (TPSA) is 83.9 Å². The number of rotatable bonds is 14. The zero-order valence-corrected chi connectivity index (χ0v) is 21.4. The van der Waals surface area contributed by atoms with E-state index < -0.39 is 15.1 Å². The highest BCUT2D eigenvalue weighted by Gasteiger charge is 2.35. The Bertz CT molecular complexity index is 801. The molecule has 0 aromatic carbocycles. The third kappa shape index (κ3) is 9.65. The largest absolute Gasteiger partial charge is 0.469 e. The Morgan fingerprint density at radius 3 is 2.64 bits per heavy atom. The van der Waals surface area contributed by atoms with E-state index in [0.717, 1.165) is 63.5 Å². The molecule has 1 fully saturated rings. The second kappa shape index (κ2) is 14.0. The molecular formula is C26H43NO5S. The number of esters is 1. The van der Waals surface area contributed by atoms with E-state index in [2.05, 4.69) is 15.7 Å². The van der Waals surface area contributed by atoms with Crippen LogP contribution in [0.4, 0.5) is 0 Å². The van der Waals surface area contributed by atoms with Crippen molar-refractivity contribution in [3.05, 3.63) is 36.1 Å². The van der Waals surface area contributed by atoms with Gasteiger partial charge in [0.1, 0.15) is 0 Å². The number of nitrogens with zero attached hydrogens (tertiary/aromatic N) is 1. The van der Waals surface area contributed by atoms with Gasteiger partial charge in [-0.2, -0.15) is 0 Å². The van der Waals surface area contributed by atoms with Gasteiger partial charge in [-0.1, -0.05) is 50.0 Å². The summed E-state index contributed by atoms with van der Waals surface area (Å²) in [7, 11) is 0.188. The normalized spacial score (nSPS) is 23.8. The van der Waals surface area contributed by atoms with Crippen molar-refractivity contribution in [2.75, 3.05) is 27.0 Å². The van der Waals surface area contributed by atoms with Crippen LogP contribution in [0.15, 0.2) is 36.1 Å². The zero-order valence-electron chi connectivity index (χ0n) is 20.6. The fourth-order valence-electron chi connectivity index (χ4n) is 5.14. The van der Waals surface area contributed by atoms with Crippen molar-refractivity contribution in [2.45, 2.75) is 82.0 Å². The van der Waals surface area contributed by atoms with Crippen molar-refractivity contribution in [3.8, 4) is 0 Å². The molecule has 2 aliphatic rings. The number of hydrogen-bond donors (Lipinski definition) is 1. The molecule has 0 spiro atoms. The molecule has 0 saturated heterocycles. The maximum Gasteiger partial charge on any atom is 0.305 e. The molecule has 0 aliphatic heterocycles. The molecule has 0 heterocycles. The second-order valence-electron chi connectivity index (χ2n) is 9.68. The van der Waals surface area contributed by atoms with Crippen LogP contribution in [0.1, 0.15) is 70.6 Å². The number of unbranched alkanes of at least 4 members (excludes halogenated alkanes) is 3. The minimum atomic E-state index is -3.20. The predicted molar refractivity (Wildman–Crippen MR) is 133 cm³/mol.